The topological polar surface area (TPSA) is 74.2 Å². The molecule has 0 spiro atoms. The summed E-state index contributed by atoms with van der Waals surface area (Å²) in [6, 6.07) is 8.03. The van der Waals surface area contributed by atoms with E-state index in [-0.39, 0.29) is 13.2 Å². The Kier molecular flexibility index (Phi) is 17.6. The second-order valence-corrected chi connectivity index (χ2v) is 7.74. The molecule has 182 valence electrons. The van der Waals surface area contributed by atoms with E-state index in [1.165, 1.54) is 50.5 Å². The molecule has 0 fully saturated rings. The van der Waals surface area contributed by atoms with Gasteiger partial charge < -0.3 is 24.1 Å². The number of hydrogen-bond donors (Lipinski definition) is 1. The molecule has 0 amide bonds. The minimum Gasteiger partial charge on any atom is -0.460 e. The van der Waals surface area contributed by atoms with Gasteiger partial charge in [-0.3, -0.25) is 0 Å². The monoisotopic (exact) mass is 450 g/mol. The summed E-state index contributed by atoms with van der Waals surface area (Å²) in [5.74, 6) is -0.425. The van der Waals surface area contributed by atoms with Gasteiger partial charge in [-0.05, 0) is 24.0 Å². The Bertz CT molecular complexity index is 599. The number of ether oxygens (including phenoxy) is 4. The fourth-order valence-corrected chi connectivity index (χ4v) is 3.16. The third-order valence-corrected chi connectivity index (χ3v) is 5.06. The van der Waals surface area contributed by atoms with E-state index in [0.29, 0.717) is 45.2 Å². The molecule has 1 rings (SSSR count). The summed E-state index contributed by atoms with van der Waals surface area (Å²) in [5.41, 5.74) is 2.44. The zero-order valence-corrected chi connectivity index (χ0v) is 19.8. The first kappa shape index (κ1) is 28.3. The lowest BCUT2D eigenvalue weighted by atomic mass is 10.0. The van der Waals surface area contributed by atoms with Crippen LogP contribution in [0.1, 0.15) is 63.0 Å². The fraction of sp³-hybridized carbons (Fsp3) is 0.654. The quantitative estimate of drug-likeness (QED) is 0.168. The van der Waals surface area contributed by atoms with Crippen LogP contribution in [0.4, 0.5) is 0 Å². The van der Waals surface area contributed by atoms with Crippen LogP contribution in [-0.4, -0.2) is 63.9 Å². The van der Waals surface area contributed by atoms with E-state index in [0.717, 1.165) is 12.0 Å². The Labute approximate surface area is 193 Å². The molecule has 0 aliphatic carbocycles. The standard InChI is InChI=1S/C26H42O6/c1-3-4-5-6-7-8-9-10-24-11-13-25(14-12-24)23(2)26(28)32-22-21-31-20-19-30-18-17-29-16-15-27/h11-14,27H,2-10,15-22H2,1H3. The van der Waals surface area contributed by atoms with Gasteiger partial charge in [-0.15, -0.1) is 0 Å². The van der Waals surface area contributed by atoms with Gasteiger partial charge in [0.1, 0.15) is 6.61 Å². The second-order valence-electron chi connectivity index (χ2n) is 7.74. The average Bonchev–Trinajstić information content (AvgIpc) is 2.81. The number of esters is 1. The van der Waals surface area contributed by atoms with Gasteiger partial charge in [0, 0.05) is 0 Å². The van der Waals surface area contributed by atoms with Crippen molar-refractivity contribution >= 4 is 11.5 Å². The van der Waals surface area contributed by atoms with Gasteiger partial charge in [0.15, 0.2) is 0 Å². The Morgan fingerprint density at radius 2 is 1.31 bits per heavy atom. The number of benzene rings is 1. The molecule has 6 nitrogen and oxygen atoms in total. The number of unbranched alkanes of at least 4 members (excludes halogenated alkanes) is 6. The molecule has 0 aromatic heterocycles. The lowest BCUT2D eigenvalue weighted by Crippen LogP contribution is -2.14. The Hall–Kier alpha value is -1.73. The highest BCUT2D eigenvalue weighted by atomic mass is 16.6. The van der Waals surface area contributed by atoms with E-state index >= 15 is 0 Å². The van der Waals surface area contributed by atoms with Crippen molar-refractivity contribution in [1.29, 1.82) is 0 Å². The molecule has 1 aromatic carbocycles. The largest absolute Gasteiger partial charge is 0.460 e. The third-order valence-electron chi connectivity index (χ3n) is 5.06. The zero-order chi connectivity index (χ0) is 23.3. The summed E-state index contributed by atoms with van der Waals surface area (Å²) in [6.45, 7) is 8.68. The molecule has 32 heavy (non-hydrogen) atoms. The molecule has 0 saturated heterocycles. The summed E-state index contributed by atoms with van der Waals surface area (Å²) in [4.78, 5) is 12.2. The van der Waals surface area contributed by atoms with E-state index in [1.807, 2.05) is 12.1 Å². The molecule has 0 bridgehead atoms. The average molecular weight is 451 g/mol. The normalized spacial score (nSPS) is 10.9. The van der Waals surface area contributed by atoms with Crippen LogP contribution in [0.2, 0.25) is 0 Å². The molecule has 0 aliphatic rings. The SMILES string of the molecule is C=C(C(=O)OCCOCCOCCOCCO)c1ccc(CCCCCCCCC)cc1. The maximum Gasteiger partial charge on any atom is 0.338 e. The molecule has 0 saturated carbocycles. The van der Waals surface area contributed by atoms with Gasteiger partial charge in [0.25, 0.3) is 0 Å². The fourth-order valence-electron chi connectivity index (χ4n) is 3.16. The van der Waals surface area contributed by atoms with Crippen LogP contribution in [0.5, 0.6) is 0 Å². The first-order valence-electron chi connectivity index (χ1n) is 12.0. The summed E-state index contributed by atoms with van der Waals surface area (Å²) in [5, 5.41) is 8.57. The number of aliphatic hydroxyl groups is 1. The number of rotatable bonds is 21. The van der Waals surface area contributed by atoms with Crippen molar-refractivity contribution < 1.29 is 28.8 Å². The van der Waals surface area contributed by atoms with Gasteiger partial charge in [-0.1, -0.05) is 76.3 Å². The Morgan fingerprint density at radius 1 is 0.781 bits per heavy atom. The third kappa shape index (κ3) is 14.4. The molecule has 0 atom stereocenters. The van der Waals surface area contributed by atoms with Gasteiger partial charge in [-0.25, -0.2) is 4.79 Å². The van der Waals surface area contributed by atoms with Crippen molar-refractivity contribution in [2.75, 3.05) is 52.9 Å². The van der Waals surface area contributed by atoms with Gasteiger partial charge >= 0.3 is 5.97 Å². The first-order valence-corrected chi connectivity index (χ1v) is 12.0. The van der Waals surface area contributed by atoms with Crippen molar-refractivity contribution in [2.45, 2.75) is 58.3 Å². The van der Waals surface area contributed by atoms with Crippen LogP contribution >= 0.6 is 0 Å². The first-order chi connectivity index (χ1) is 15.7. The van der Waals surface area contributed by atoms with Crippen LogP contribution in [0.25, 0.3) is 5.57 Å². The maximum absolute atomic E-state index is 12.2. The number of hydrogen-bond acceptors (Lipinski definition) is 6. The van der Waals surface area contributed by atoms with Gasteiger partial charge in [0.05, 0.1) is 51.8 Å². The Morgan fingerprint density at radius 3 is 1.91 bits per heavy atom. The van der Waals surface area contributed by atoms with Crippen molar-refractivity contribution in [3.8, 4) is 0 Å². The number of carbonyl (C=O) groups excluding carboxylic acids is 1. The van der Waals surface area contributed by atoms with Crippen LogP contribution in [-0.2, 0) is 30.2 Å². The zero-order valence-electron chi connectivity index (χ0n) is 19.8. The highest BCUT2D eigenvalue weighted by molar-refractivity contribution is 6.15. The maximum atomic E-state index is 12.2. The summed E-state index contributed by atoms with van der Waals surface area (Å²) < 4.78 is 21.0. The van der Waals surface area contributed by atoms with E-state index in [1.54, 1.807) is 0 Å². The molecule has 0 radical (unpaired) electrons. The molecule has 0 heterocycles. The lowest BCUT2D eigenvalue weighted by Gasteiger charge is -2.09. The number of carbonyl (C=O) groups is 1. The molecular weight excluding hydrogens is 408 g/mol. The van der Waals surface area contributed by atoms with Gasteiger partial charge in [-0.2, -0.15) is 0 Å². The highest BCUT2D eigenvalue weighted by Crippen LogP contribution is 2.17. The number of aliphatic hydroxyl groups excluding tert-OH is 1. The predicted molar refractivity (Wildman–Crippen MR) is 128 cm³/mol. The molecule has 6 heteroatoms. The second kappa shape index (κ2) is 19.9. The summed E-state index contributed by atoms with van der Waals surface area (Å²) in [6.07, 6.45) is 10.2. The van der Waals surface area contributed by atoms with E-state index in [4.69, 9.17) is 24.1 Å². The van der Waals surface area contributed by atoms with E-state index < -0.39 is 5.97 Å². The predicted octanol–water partition coefficient (Wildman–Crippen LogP) is 4.58. The molecule has 1 aromatic rings. The molecule has 0 unspecified atom stereocenters. The number of aryl methyl sites for hydroxylation is 1. The summed E-state index contributed by atoms with van der Waals surface area (Å²) in [7, 11) is 0. The highest BCUT2D eigenvalue weighted by Gasteiger charge is 2.11. The molecular formula is C26H42O6. The van der Waals surface area contributed by atoms with Crippen LogP contribution in [0.3, 0.4) is 0 Å². The van der Waals surface area contributed by atoms with Crippen molar-refractivity contribution in [2.24, 2.45) is 0 Å². The smallest absolute Gasteiger partial charge is 0.338 e. The molecule has 1 N–H and O–H groups in total. The van der Waals surface area contributed by atoms with Crippen molar-refractivity contribution in [3.05, 3.63) is 42.0 Å². The Balaban J connectivity index is 2.09. The molecule has 0 aliphatic heterocycles. The van der Waals surface area contributed by atoms with Crippen molar-refractivity contribution in [3.63, 3.8) is 0 Å². The minimum atomic E-state index is -0.425. The van der Waals surface area contributed by atoms with Crippen LogP contribution in [0, 0.1) is 0 Å². The minimum absolute atomic E-state index is 0.0128. The van der Waals surface area contributed by atoms with E-state index in [9.17, 15) is 4.79 Å². The summed E-state index contributed by atoms with van der Waals surface area (Å²) >= 11 is 0. The van der Waals surface area contributed by atoms with Crippen molar-refractivity contribution in [1.82, 2.24) is 0 Å². The van der Waals surface area contributed by atoms with Gasteiger partial charge in [0.2, 0.25) is 0 Å². The van der Waals surface area contributed by atoms with Crippen LogP contribution < -0.4 is 0 Å². The van der Waals surface area contributed by atoms with Crippen LogP contribution in [0.15, 0.2) is 30.8 Å². The lowest BCUT2D eigenvalue weighted by molar-refractivity contribution is -0.138. The van der Waals surface area contributed by atoms with E-state index in [2.05, 4.69) is 25.6 Å².